The van der Waals surface area contributed by atoms with Crippen LogP contribution in [0.3, 0.4) is 0 Å². The normalized spacial score (nSPS) is 18.5. The largest absolute Gasteiger partial charge is 0.321 e. The Balaban J connectivity index is 2.54. The molecule has 0 fully saturated rings. The average molecular weight is 169 g/mol. The summed E-state index contributed by atoms with van der Waals surface area (Å²) < 4.78 is 0. The van der Waals surface area contributed by atoms with E-state index in [0.29, 0.717) is 5.57 Å². The predicted octanol–water partition coefficient (Wildman–Crippen LogP) is 1.71. The molecule has 0 spiro atoms. The second kappa shape index (κ2) is 3.11. The Morgan fingerprint density at radius 1 is 1.31 bits per heavy atom. The molecular weight excluding hydrogens is 162 g/mol. The van der Waals surface area contributed by atoms with E-state index in [9.17, 15) is 0 Å². The van der Waals surface area contributed by atoms with E-state index in [1.165, 1.54) is 0 Å². The first-order valence-electron chi connectivity index (χ1n) is 3.89. The summed E-state index contributed by atoms with van der Waals surface area (Å²) in [4.78, 5) is 5.82. The van der Waals surface area contributed by atoms with Gasteiger partial charge < -0.3 is 4.90 Å². The van der Waals surface area contributed by atoms with Crippen LogP contribution in [0.25, 0.3) is 0 Å². The number of nitriles is 1. The van der Waals surface area contributed by atoms with Gasteiger partial charge in [-0.1, -0.05) is 6.08 Å². The van der Waals surface area contributed by atoms with Gasteiger partial charge in [-0.15, -0.1) is 0 Å². The van der Waals surface area contributed by atoms with Crippen molar-refractivity contribution in [2.75, 3.05) is 0 Å². The first kappa shape index (κ1) is 7.56. The summed E-state index contributed by atoms with van der Waals surface area (Å²) in [7, 11) is 0. The highest BCUT2D eigenvalue weighted by Gasteiger charge is 2.10. The first-order chi connectivity index (χ1) is 6.42. The van der Waals surface area contributed by atoms with Gasteiger partial charge in [0.2, 0.25) is 0 Å². The molecule has 0 N–H and O–H groups in total. The second-order valence-electron chi connectivity index (χ2n) is 2.59. The van der Waals surface area contributed by atoms with E-state index in [1.807, 2.05) is 35.5 Å². The maximum absolute atomic E-state index is 8.84. The number of hydrogen-bond donors (Lipinski definition) is 0. The van der Waals surface area contributed by atoms with E-state index in [0.717, 1.165) is 5.70 Å². The van der Waals surface area contributed by atoms with Crippen molar-refractivity contribution in [3.05, 3.63) is 48.1 Å². The van der Waals surface area contributed by atoms with Crippen molar-refractivity contribution in [3.63, 3.8) is 0 Å². The van der Waals surface area contributed by atoms with Crippen molar-refractivity contribution in [2.24, 2.45) is 4.99 Å². The maximum Gasteiger partial charge on any atom is 0.103 e. The van der Waals surface area contributed by atoms with Crippen LogP contribution in [0.4, 0.5) is 0 Å². The van der Waals surface area contributed by atoms with Gasteiger partial charge >= 0.3 is 0 Å². The highest BCUT2D eigenvalue weighted by molar-refractivity contribution is 5.86. The van der Waals surface area contributed by atoms with E-state index < -0.39 is 0 Å². The van der Waals surface area contributed by atoms with E-state index in [4.69, 9.17) is 5.26 Å². The summed E-state index contributed by atoms with van der Waals surface area (Å²) in [6.07, 6.45) is 12.6. The van der Waals surface area contributed by atoms with Gasteiger partial charge in [-0.05, 0) is 12.2 Å². The molecule has 0 unspecified atom stereocenters. The van der Waals surface area contributed by atoms with Crippen LogP contribution in [-0.4, -0.2) is 11.1 Å². The minimum absolute atomic E-state index is 0.575. The highest BCUT2D eigenvalue weighted by atomic mass is 15.1. The van der Waals surface area contributed by atoms with Crippen molar-refractivity contribution in [3.8, 4) is 6.07 Å². The Morgan fingerprint density at radius 2 is 2.23 bits per heavy atom. The highest BCUT2D eigenvalue weighted by Crippen LogP contribution is 2.17. The number of rotatable bonds is 0. The molecule has 0 aliphatic carbocycles. The SMILES string of the molecule is N#CC1=C2C=CC=CN2C=CN=C1. The molecule has 0 bridgehead atoms. The van der Waals surface area contributed by atoms with Crippen LogP contribution in [0, 0.1) is 11.3 Å². The van der Waals surface area contributed by atoms with E-state index in [2.05, 4.69) is 11.1 Å². The van der Waals surface area contributed by atoms with Gasteiger partial charge in [0.1, 0.15) is 6.07 Å². The quantitative estimate of drug-likeness (QED) is 0.553. The molecule has 0 aromatic heterocycles. The van der Waals surface area contributed by atoms with Crippen LogP contribution in [0.5, 0.6) is 0 Å². The van der Waals surface area contributed by atoms with Gasteiger partial charge in [0.25, 0.3) is 0 Å². The average Bonchev–Trinajstić information content (AvgIpc) is 2.39. The number of nitrogens with zero attached hydrogens (tertiary/aromatic N) is 3. The zero-order valence-electron chi connectivity index (χ0n) is 6.88. The standard InChI is InChI=1S/C10H7N3/c11-7-9-8-12-4-6-13-5-2-1-3-10(9)13/h1-6,8H. The maximum atomic E-state index is 8.84. The lowest BCUT2D eigenvalue weighted by Crippen LogP contribution is -2.11. The molecule has 62 valence electrons. The van der Waals surface area contributed by atoms with Crippen molar-refractivity contribution in [1.82, 2.24) is 4.90 Å². The molecule has 2 aliphatic heterocycles. The Morgan fingerprint density at radius 3 is 3.08 bits per heavy atom. The summed E-state index contributed by atoms with van der Waals surface area (Å²) in [6, 6.07) is 2.11. The molecule has 0 saturated heterocycles. The summed E-state index contributed by atoms with van der Waals surface area (Å²) in [5.41, 5.74) is 1.44. The summed E-state index contributed by atoms with van der Waals surface area (Å²) in [5, 5.41) is 8.84. The van der Waals surface area contributed by atoms with Crippen molar-refractivity contribution in [1.29, 1.82) is 5.26 Å². The minimum Gasteiger partial charge on any atom is -0.321 e. The second-order valence-corrected chi connectivity index (χ2v) is 2.59. The lowest BCUT2D eigenvalue weighted by molar-refractivity contribution is 0.643. The Labute approximate surface area is 76.3 Å². The molecule has 0 radical (unpaired) electrons. The van der Waals surface area contributed by atoms with Crippen LogP contribution >= 0.6 is 0 Å². The molecule has 0 amide bonds. The predicted molar refractivity (Wildman–Crippen MR) is 50.4 cm³/mol. The van der Waals surface area contributed by atoms with Gasteiger partial charge in [0, 0.05) is 24.8 Å². The molecule has 0 atom stereocenters. The van der Waals surface area contributed by atoms with Crippen LogP contribution in [0.15, 0.2) is 53.1 Å². The van der Waals surface area contributed by atoms with Crippen LogP contribution < -0.4 is 0 Å². The zero-order valence-corrected chi connectivity index (χ0v) is 6.88. The van der Waals surface area contributed by atoms with E-state index in [1.54, 1.807) is 12.4 Å². The molecule has 0 aromatic carbocycles. The number of aliphatic imine (C=N–C) groups is 1. The topological polar surface area (TPSA) is 39.4 Å². The van der Waals surface area contributed by atoms with E-state index in [-0.39, 0.29) is 0 Å². The third kappa shape index (κ3) is 1.30. The fraction of sp³-hybridized carbons (Fsp3) is 0. The molecular formula is C10H7N3. The number of hydrogen-bond acceptors (Lipinski definition) is 3. The van der Waals surface area contributed by atoms with Gasteiger partial charge in [0.05, 0.1) is 11.3 Å². The Kier molecular flexibility index (Phi) is 1.81. The fourth-order valence-electron chi connectivity index (χ4n) is 1.19. The lowest BCUT2D eigenvalue weighted by Gasteiger charge is -2.18. The molecule has 0 saturated carbocycles. The molecule has 3 heteroatoms. The molecule has 13 heavy (non-hydrogen) atoms. The summed E-state index contributed by atoms with van der Waals surface area (Å²) >= 11 is 0. The Bertz CT molecular complexity index is 402. The van der Waals surface area contributed by atoms with Gasteiger partial charge in [-0.2, -0.15) is 5.26 Å². The van der Waals surface area contributed by atoms with Crippen LogP contribution in [0.1, 0.15) is 0 Å². The number of allylic oxidation sites excluding steroid dienone is 4. The fourth-order valence-corrected chi connectivity index (χ4v) is 1.19. The molecule has 2 aliphatic rings. The minimum atomic E-state index is 0.575. The third-order valence-electron chi connectivity index (χ3n) is 1.80. The molecule has 2 rings (SSSR count). The smallest absolute Gasteiger partial charge is 0.103 e. The molecule has 3 nitrogen and oxygen atoms in total. The summed E-state index contributed by atoms with van der Waals surface area (Å²) in [5.74, 6) is 0. The zero-order chi connectivity index (χ0) is 9.10. The Hall–Kier alpha value is -2.08. The van der Waals surface area contributed by atoms with Gasteiger partial charge in [-0.3, -0.25) is 4.99 Å². The summed E-state index contributed by atoms with van der Waals surface area (Å²) in [6.45, 7) is 0. The van der Waals surface area contributed by atoms with Gasteiger partial charge in [0.15, 0.2) is 0 Å². The van der Waals surface area contributed by atoms with Gasteiger partial charge in [-0.25, -0.2) is 0 Å². The molecule has 2 heterocycles. The number of fused-ring (bicyclic) bond motifs is 1. The van der Waals surface area contributed by atoms with Crippen molar-refractivity contribution >= 4 is 6.21 Å². The van der Waals surface area contributed by atoms with Crippen LogP contribution in [-0.2, 0) is 0 Å². The first-order valence-corrected chi connectivity index (χ1v) is 3.89. The van der Waals surface area contributed by atoms with Crippen molar-refractivity contribution < 1.29 is 0 Å². The van der Waals surface area contributed by atoms with Crippen molar-refractivity contribution in [2.45, 2.75) is 0 Å². The lowest BCUT2D eigenvalue weighted by atomic mass is 10.2. The molecule has 0 aromatic rings. The van der Waals surface area contributed by atoms with Crippen LogP contribution in [0.2, 0.25) is 0 Å². The monoisotopic (exact) mass is 169 g/mol. The third-order valence-corrected chi connectivity index (χ3v) is 1.80. The van der Waals surface area contributed by atoms with E-state index >= 15 is 0 Å².